The Bertz CT molecular complexity index is 403. The summed E-state index contributed by atoms with van der Waals surface area (Å²) < 4.78 is 0. The molecule has 5 unspecified atom stereocenters. The van der Waals surface area contributed by atoms with Crippen molar-refractivity contribution in [3.05, 3.63) is 0 Å². The Hall–Kier alpha value is -0.750. The molecule has 0 bridgehead atoms. The molecule has 3 rings (SSSR count). The Morgan fingerprint density at radius 3 is 2.75 bits per heavy atom. The molecule has 0 aromatic carbocycles. The molecule has 3 aliphatic rings. The van der Waals surface area contributed by atoms with Crippen molar-refractivity contribution < 1.29 is 14.7 Å². The number of aliphatic carboxylic acids is 1. The number of hydrogen-bond acceptors (Lipinski definition) is 4. The van der Waals surface area contributed by atoms with E-state index in [1.54, 1.807) is 16.7 Å². The van der Waals surface area contributed by atoms with Gasteiger partial charge in [-0.1, -0.05) is 12.8 Å². The van der Waals surface area contributed by atoms with Gasteiger partial charge < -0.3 is 15.3 Å². The minimum atomic E-state index is -0.884. The SMILES string of the molecule is CC1SCC(C(=O)O)N1C(=O)C1CC2CCCCC2N1. The molecule has 5 nitrogen and oxygen atoms in total. The summed E-state index contributed by atoms with van der Waals surface area (Å²) in [6.45, 7) is 1.92. The molecular weight excluding hydrogens is 276 g/mol. The van der Waals surface area contributed by atoms with Crippen LogP contribution in [0.4, 0.5) is 0 Å². The van der Waals surface area contributed by atoms with Gasteiger partial charge in [-0.3, -0.25) is 4.79 Å². The Morgan fingerprint density at radius 1 is 1.30 bits per heavy atom. The Morgan fingerprint density at radius 2 is 2.05 bits per heavy atom. The molecular formula is C14H22N2O3S. The lowest BCUT2D eigenvalue weighted by Gasteiger charge is -2.28. The van der Waals surface area contributed by atoms with Gasteiger partial charge in [0.05, 0.1) is 11.4 Å². The minimum absolute atomic E-state index is 0.00991. The van der Waals surface area contributed by atoms with E-state index < -0.39 is 12.0 Å². The lowest BCUT2D eigenvalue weighted by atomic mass is 9.85. The molecule has 5 atom stereocenters. The zero-order valence-corrected chi connectivity index (χ0v) is 12.6. The molecule has 2 N–H and O–H groups in total. The molecule has 112 valence electrons. The van der Waals surface area contributed by atoms with Crippen LogP contribution in [0.15, 0.2) is 0 Å². The third-order valence-corrected chi connectivity index (χ3v) is 6.14. The highest BCUT2D eigenvalue weighted by Gasteiger charge is 2.45. The average Bonchev–Trinajstić information content (AvgIpc) is 3.01. The van der Waals surface area contributed by atoms with Crippen LogP contribution in [0.2, 0.25) is 0 Å². The van der Waals surface area contributed by atoms with Crippen LogP contribution in [0.25, 0.3) is 0 Å². The third-order valence-electron chi connectivity index (χ3n) is 4.92. The maximum atomic E-state index is 12.7. The summed E-state index contributed by atoms with van der Waals surface area (Å²) in [6, 6.07) is -0.371. The number of carboxylic acids is 1. The fourth-order valence-electron chi connectivity index (χ4n) is 3.86. The number of nitrogens with one attached hydrogen (secondary N) is 1. The number of nitrogens with zero attached hydrogens (tertiary/aromatic N) is 1. The molecule has 20 heavy (non-hydrogen) atoms. The standard InChI is InChI=1S/C14H22N2O3S/c1-8-16(12(7-20-8)14(18)19)13(17)11-6-9-4-2-3-5-10(9)15-11/h8-12,15H,2-7H2,1H3,(H,18,19). The second-order valence-electron chi connectivity index (χ2n) is 6.14. The predicted molar refractivity (Wildman–Crippen MR) is 77.5 cm³/mol. The van der Waals surface area contributed by atoms with E-state index in [0.29, 0.717) is 17.7 Å². The number of thioether (sulfide) groups is 1. The van der Waals surface area contributed by atoms with E-state index in [0.717, 1.165) is 12.8 Å². The van der Waals surface area contributed by atoms with Crippen molar-refractivity contribution in [2.24, 2.45) is 5.92 Å². The van der Waals surface area contributed by atoms with E-state index in [-0.39, 0.29) is 17.3 Å². The number of rotatable bonds is 2. The van der Waals surface area contributed by atoms with Crippen molar-refractivity contribution in [1.29, 1.82) is 0 Å². The largest absolute Gasteiger partial charge is 0.480 e. The van der Waals surface area contributed by atoms with Gasteiger partial charge in [-0.15, -0.1) is 11.8 Å². The van der Waals surface area contributed by atoms with Crippen molar-refractivity contribution >= 4 is 23.6 Å². The molecule has 1 aliphatic carbocycles. The van der Waals surface area contributed by atoms with Gasteiger partial charge in [-0.25, -0.2) is 4.79 Å². The van der Waals surface area contributed by atoms with Crippen LogP contribution in [0.1, 0.15) is 39.0 Å². The van der Waals surface area contributed by atoms with Gasteiger partial charge in [0.25, 0.3) is 0 Å². The fraction of sp³-hybridized carbons (Fsp3) is 0.857. The number of hydrogen-bond donors (Lipinski definition) is 2. The molecule has 6 heteroatoms. The highest BCUT2D eigenvalue weighted by molar-refractivity contribution is 8.00. The normalized spacial score (nSPS) is 40.6. The van der Waals surface area contributed by atoms with Crippen LogP contribution in [-0.4, -0.2) is 51.1 Å². The summed E-state index contributed by atoms with van der Waals surface area (Å²) in [5.41, 5.74) is 0. The van der Waals surface area contributed by atoms with Gasteiger partial charge in [0.15, 0.2) is 0 Å². The maximum Gasteiger partial charge on any atom is 0.327 e. The molecule has 1 amide bonds. The van der Waals surface area contributed by atoms with Gasteiger partial charge >= 0.3 is 5.97 Å². The molecule has 1 saturated carbocycles. The average molecular weight is 298 g/mol. The van der Waals surface area contributed by atoms with E-state index in [1.165, 1.54) is 19.3 Å². The minimum Gasteiger partial charge on any atom is -0.480 e. The van der Waals surface area contributed by atoms with Crippen LogP contribution in [0, 0.1) is 5.92 Å². The zero-order valence-electron chi connectivity index (χ0n) is 11.7. The summed E-state index contributed by atoms with van der Waals surface area (Å²) >= 11 is 1.55. The zero-order chi connectivity index (χ0) is 14.3. The highest BCUT2D eigenvalue weighted by Crippen LogP contribution is 2.36. The summed E-state index contributed by atoms with van der Waals surface area (Å²) in [5, 5.41) is 12.7. The summed E-state index contributed by atoms with van der Waals surface area (Å²) in [4.78, 5) is 25.6. The van der Waals surface area contributed by atoms with Gasteiger partial charge in [0.2, 0.25) is 5.91 Å². The number of amides is 1. The number of carbonyl (C=O) groups is 2. The fourth-order valence-corrected chi connectivity index (χ4v) is 5.03. The molecule has 0 spiro atoms. The first-order chi connectivity index (χ1) is 9.58. The molecule has 0 radical (unpaired) electrons. The first-order valence-corrected chi connectivity index (χ1v) is 8.55. The smallest absolute Gasteiger partial charge is 0.327 e. The quantitative estimate of drug-likeness (QED) is 0.804. The van der Waals surface area contributed by atoms with Crippen LogP contribution >= 0.6 is 11.8 Å². The molecule has 3 fully saturated rings. The number of carbonyl (C=O) groups excluding carboxylic acids is 1. The van der Waals surface area contributed by atoms with Gasteiger partial charge in [0, 0.05) is 11.8 Å². The predicted octanol–water partition coefficient (Wildman–Crippen LogP) is 1.28. The second-order valence-corrected chi connectivity index (χ2v) is 7.49. The highest BCUT2D eigenvalue weighted by atomic mass is 32.2. The van der Waals surface area contributed by atoms with Gasteiger partial charge in [0.1, 0.15) is 6.04 Å². The summed E-state index contributed by atoms with van der Waals surface area (Å²) in [5.74, 6) is 0.211. The Labute approximate surface area is 123 Å². The van der Waals surface area contributed by atoms with E-state index in [1.807, 2.05) is 6.92 Å². The summed E-state index contributed by atoms with van der Waals surface area (Å²) in [7, 11) is 0. The molecule has 2 heterocycles. The second kappa shape index (κ2) is 5.56. The lowest BCUT2D eigenvalue weighted by Crippen LogP contribution is -2.52. The van der Waals surface area contributed by atoms with E-state index >= 15 is 0 Å². The van der Waals surface area contributed by atoms with E-state index in [9.17, 15) is 14.7 Å². The first kappa shape index (κ1) is 14.2. The monoisotopic (exact) mass is 298 g/mol. The van der Waals surface area contributed by atoms with Gasteiger partial charge in [-0.2, -0.15) is 0 Å². The van der Waals surface area contributed by atoms with Crippen molar-refractivity contribution in [2.75, 3.05) is 5.75 Å². The summed E-state index contributed by atoms with van der Waals surface area (Å²) in [6.07, 6.45) is 5.74. The maximum absolute atomic E-state index is 12.7. The molecule has 0 aromatic heterocycles. The van der Waals surface area contributed by atoms with Gasteiger partial charge in [-0.05, 0) is 32.1 Å². The van der Waals surface area contributed by atoms with Crippen molar-refractivity contribution in [3.63, 3.8) is 0 Å². The number of fused-ring (bicyclic) bond motifs is 1. The first-order valence-electron chi connectivity index (χ1n) is 7.50. The topological polar surface area (TPSA) is 69.6 Å². The Balaban J connectivity index is 1.70. The Kier molecular flexibility index (Phi) is 3.95. The van der Waals surface area contributed by atoms with Crippen molar-refractivity contribution in [2.45, 2.75) is 62.5 Å². The van der Waals surface area contributed by atoms with Crippen molar-refractivity contribution in [1.82, 2.24) is 10.2 Å². The lowest BCUT2D eigenvalue weighted by molar-refractivity contribution is -0.149. The van der Waals surface area contributed by atoms with Crippen molar-refractivity contribution in [3.8, 4) is 0 Å². The third kappa shape index (κ3) is 2.44. The van der Waals surface area contributed by atoms with Crippen LogP contribution < -0.4 is 5.32 Å². The van der Waals surface area contributed by atoms with E-state index in [4.69, 9.17) is 0 Å². The van der Waals surface area contributed by atoms with Crippen LogP contribution in [0.3, 0.4) is 0 Å². The molecule has 2 saturated heterocycles. The van der Waals surface area contributed by atoms with Crippen LogP contribution in [0.5, 0.6) is 0 Å². The number of carboxylic acid groups (broad SMARTS) is 1. The van der Waals surface area contributed by atoms with E-state index in [2.05, 4.69) is 5.32 Å². The van der Waals surface area contributed by atoms with Crippen LogP contribution in [-0.2, 0) is 9.59 Å². The molecule has 0 aromatic rings. The molecule has 2 aliphatic heterocycles.